The number of likely N-dealkylation sites (N-methyl/N-ethyl adjacent to an activating group) is 1. The summed E-state index contributed by atoms with van der Waals surface area (Å²) in [6, 6.07) is 2.64. The van der Waals surface area contributed by atoms with E-state index >= 15 is 0 Å². The van der Waals surface area contributed by atoms with E-state index in [1.807, 2.05) is 28.9 Å². The first-order valence-corrected chi connectivity index (χ1v) is 9.43. The van der Waals surface area contributed by atoms with Crippen molar-refractivity contribution < 1.29 is 4.79 Å². The van der Waals surface area contributed by atoms with Gasteiger partial charge >= 0.3 is 0 Å². The van der Waals surface area contributed by atoms with E-state index < -0.39 is 0 Å². The molecule has 6 heteroatoms. The van der Waals surface area contributed by atoms with Gasteiger partial charge in [-0.25, -0.2) is 9.67 Å². The number of carbonyl (C=O) groups is 1. The van der Waals surface area contributed by atoms with E-state index in [0.717, 1.165) is 48.2 Å². The molecule has 1 aliphatic heterocycles. The van der Waals surface area contributed by atoms with Crippen molar-refractivity contribution in [3.8, 4) is 0 Å². The first-order chi connectivity index (χ1) is 12.1. The lowest BCUT2D eigenvalue weighted by Crippen LogP contribution is -2.47. The van der Waals surface area contributed by atoms with Crippen LogP contribution in [0.15, 0.2) is 12.3 Å². The molecule has 4 rings (SSSR count). The summed E-state index contributed by atoms with van der Waals surface area (Å²) in [5.74, 6) is 0.635. The summed E-state index contributed by atoms with van der Waals surface area (Å²) in [6.07, 6.45) is 6.34. The molecular weight excluding hydrogens is 314 g/mol. The van der Waals surface area contributed by atoms with Crippen molar-refractivity contribution >= 4 is 16.9 Å². The summed E-state index contributed by atoms with van der Waals surface area (Å²) >= 11 is 0. The molecule has 6 nitrogen and oxygen atoms in total. The van der Waals surface area contributed by atoms with Gasteiger partial charge in [0.2, 0.25) is 0 Å². The lowest BCUT2D eigenvalue weighted by molar-refractivity contribution is 0.0700. The van der Waals surface area contributed by atoms with Gasteiger partial charge in [-0.3, -0.25) is 4.79 Å². The summed E-state index contributed by atoms with van der Waals surface area (Å²) in [5, 5.41) is 8.70. The van der Waals surface area contributed by atoms with Gasteiger partial charge in [0.25, 0.3) is 5.91 Å². The third-order valence-corrected chi connectivity index (χ3v) is 5.42. The Morgan fingerprint density at radius 2 is 2.12 bits per heavy atom. The molecule has 1 atom stereocenters. The maximum atomic E-state index is 13.3. The molecule has 2 fully saturated rings. The van der Waals surface area contributed by atoms with Crippen LogP contribution in [0.5, 0.6) is 0 Å². The number of likely N-dealkylation sites (tertiary alicyclic amines) is 1. The number of pyridine rings is 1. The Hall–Kier alpha value is -1.95. The van der Waals surface area contributed by atoms with E-state index in [1.165, 1.54) is 12.8 Å². The summed E-state index contributed by atoms with van der Waals surface area (Å²) in [7, 11) is 1.97. The SMILES string of the molecule is CNC1CCCN(C(=O)c2cc(C3CC3)nc3c2cnn3C(C)C)C1. The molecule has 0 bridgehead atoms. The minimum absolute atomic E-state index is 0.123. The van der Waals surface area contributed by atoms with Crippen LogP contribution in [-0.2, 0) is 0 Å². The van der Waals surface area contributed by atoms with Crippen LogP contribution in [0.25, 0.3) is 11.0 Å². The fourth-order valence-corrected chi connectivity index (χ4v) is 3.75. The molecule has 1 unspecified atom stereocenters. The smallest absolute Gasteiger partial charge is 0.254 e. The van der Waals surface area contributed by atoms with Crippen LogP contribution in [0.1, 0.15) is 67.5 Å². The molecule has 1 aliphatic carbocycles. The van der Waals surface area contributed by atoms with Crippen LogP contribution in [0, 0.1) is 0 Å². The zero-order valence-electron chi connectivity index (χ0n) is 15.3. The fourth-order valence-electron chi connectivity index (χ4n) is 3.75. The lowest BCUT2D eigenvalue weighted by atomic mass is 10.0. The number of carbonyl (C=O) groups excluding carboxylic acids is 1. The second-order valence-corrected chi connectivity index (χ2v) is 7.67. The topological polar surface area (TPSA) is 63.1 Å². The second-order valence-electron chi connectivity index (χ2n) is 7.67. The van der Waals surface area contributed by atoms with Crippen LogP contribution in [0.4, 0.5) is 0 Å². The van der Waals surface area contributed by atoms with E-state index in [-0.39, 0.29) is 11.9 Å². The monoisotopic (exact) mass is 341 g/mol. The molecule has 0 spiro atoms. The Kier molecular flexibility index (Phi) is 4.23. The molecule has 1 saturated heterocycles. The highest BCUT2D eigenvalue weighted by molar-refractivity contribution is 6.05. The summed E-state index contributed by atoms with van der Waals surface area (Å²) in [4.78, 5) is 20.1. The Bertz CT molecular complexity index is 792. The zero-order chi connectivity index (χ0) is 17.6. The van der Waals surface area contributed by atoms with E-state index in [1.54, 1.807) is 0 Å². The number of amides is 1. The predicted molar refractivity (Wildman–Crippen MR) is 97.9 cm³/mol. The van der Waals surface area contributed by atoms with Crippen LogP contribution in [0.3, 0.4) is 0 Å². The fraction of sp³-hybridized carbons (Fsp3) is 0.632. The normalized spacial score (nSPS) is 21.3. The van der Waals surface area contributed by atoms with Crippen molar-refractivity contribution in [1.29, 1.82) is 0 Å². The van der Waals surface area contributed by atoms with E-state index in [0.29, 0.717) is 12.0 Å². The molecule has 2 aromatic heterocycles. The van der Waals surface area contributed by atoms with Gasteiger partial charge in [0.1, 0.15) is 0 Å². The van der Waals surface area contributed by atoms with Gasteiger partial charge < -0.3 is 10.2 Å². The van der Waals surface area contributed by atoms with E-state index in [2.05, 4.69) is 24.3 Å². The van der Waals surface area contributed by atoms with Gasteiger partial charge in [-0.1, -0.05) is 0 Å². The number of nitrogens with one attached hydrogen (secondary N) is 1. The molecule has 3 heterocycles. The molecular formula is C19H27N5O. The van der Waals surface area contributed by atoms with Crippen molar-refractivity contribution in [3.63, 3.8) is 0 Å². The highest BCUT2D eigenvalue weighted by Crippen LogP contribution is 2.40. The number of rotatable bonds is 4. The van der Waals surface area contributed by atoms with Gasteiger partial charge in [-0.15, -0.1) is 0 Å². The van der Waals surface area contributed by atoms with Crippen molar-refractivity contribution in [1.82, 2.24) is 25.0 Å². The number of nitrogens with zero attached hydrogens (tertiary/aromatic N) is 4. The lowest BCUT2D eigenvalue weighted by Gasteiger charge is -2.32. The molecule has 0 aromatic carbocycles. The highest BCUT2D eigenvalue weighted by Gasteiger charge is 2.30. The molecule has 1 amide bonds. The molecule has 2 aromatic rings. The third kappa shape index (κ3) is 3.03. The Morgan fingerprint density at radius 1 is 1.32 bits per heavy atom. The van der Waals surface area contributed by atoms with Gasteiger partial charge in [0.15, 0.2) is 5.65 Å². The van der Waals surface area contributed by atoms with Crippen LogP contribution in [0.2, 0.25) is 0 Å². The van der Waals surface area contributed by atoms with E-state index in [4.69, 9.17) is 4.98 Å². The highest BCUT2D eigenvalue weighted by atomic mass is 16.2. The largest absolute Gasteiger partial charge is 0.337 e. The van der Waals surface area contributed by atoms with Crippen LogP contribution in [-0.4, -0.2) is 51.8 Å². The summed E-state index contributed by atoms with van der Waals surface area (Å²) in [6.45, 7) is 5.80. The van der Waals surface area contributed by atoms with Crippen LogP contribution >= 0.6 is 0 Å². The van der Waals surface area contributed by atoms with Crippen molar-refractivity contribution in [3.05, 3.63) is 23.5 Å². The first kappa shape index (κ1) is 16.5. The molecule has 0 radical (unpaired) electrons. The molecule has 25 heavy (non-hydrogen) atoms. The predicted octanol–water partition coefficient (Wildman–Crippen LogP) is 2.71. The van der Waals surface area contributed by atoms with Gasteiger partial charge in [0, 0.05) is 36.8 Å². The number of hydrogen-bond donors (Lipinski definition) is 1. The number of fused-ring (bicyclic) bond motifs is 1. The number of piperidine rings is 1. The molecule has 2 aliphatic rings. The maximum Gasteiger partial charge on any atom is 0.254 e. The number of hydrogen-bond acceptors (Lipinski definition) is 4. The van der Waals surface area contributed by atoms with E-state index in [9.17, 15) is 4.79 Å². The average molecular weight is 341 g/mol. The Morgan fingerprint density at radius 3 is 2.80 bits per heavy atom. The van der Waals surface area contributed by atoms with Crippen molar-refractivity contribution in [2.75, 3.05) is 20.1 Å². The van der Waals surface area contributed by atoms with Crippen LogP contribution < -0.4 is 5.32 Å². The molecule has 134 valence electrons. The third-order valence-electron chi connectivity index (χ3n) is 5.42. The zero-order valence-corrected chi connectivity index (χ0v) is 15.3. The van der Waals surface area contributed by atoms with Gasteiger partial charge in [-0.2, -0.15) is 5.10 Å². The first-order valence-electron chi connectivity index (χ1n) is 9.43. The Balaban J connectivity index is 1.76. The average Bonchev–Trinajstić information content (AvgIpc) is 3.39. The Labute approximate surface area is 148 Å². The second kappa shape index (κ2) is 6.41. The molecule has 1 N–H and O–H groups in total. The summed E-state index contributed by atoms with van der Waals surface area (Å²) in [5.41, 5.74) is 2.68. The number of aromatic nitrogens is 3. The molecule has 1 saturated carbocycles. The minimum Gasteiger partial charge on any atom is -0.337 e. The van der Waals surface area contributed by atoms with Gasteiger partial charge in [-0.05, 0) is 52.6 Å². The van der Waals surface area contributed by atoms with Crippen molar-refractivity contribution in [2.45, 2.75) is 57.5 Å². The summed E-state index contributed by atoms with van der Waals surface area (Å²) < 4.78 is 1.94. The minimum atomic E-state index is 0.123. The maximum absolute atomic E-state index is 13.3. The quantitative estimate of drug-likeness (QED) is 0.929. The van der Waals surface area contributed by atoms with Crippen molar-refractivity contribution in [2.24, 2.45) is 0 Å². The van der Waals surface area contributed by atoms with Gasteiger partial charge in [0.05, 0.1) is 17.1 Å². The standard InChI is InChI=1S/C19H27N5O/c1-12(2)24-18-16(10-21-24)15(9-17(22-18)13-6-7-13)19(25)23-8-4-5-14(11-23)20-3/h9-10,12-14,20H,4-8,11H2,1-3H3.